The lowest BCUT2D eigenvalue weighted by Crippen LogP contribution is -1.81. The van der Waals surface area contributed by atoms with Crippen LogP contribution in [-0.4, -0.2) is 12.1 Å². The Kier molecular flexibility index (Phi) is 1.95. The summed E-state index contributed by atoms with van der Waals surface area (Å²) in [5, 5.41) is 0. The third-order valence-electron chi connectivity index (χ3n) is 0.854. The lowest BCUT2D eigenvalue weighted by atomic mass is 10.8. The molecule has 50 valence electrons. The summed E-state index contributed by atoms with van der Waals surface area (Å²) in [5.74, 6) is 1.22. The second-order valence-electron chi connectivity index (χ2n) is 1.42. The molecule has 0 fully saturated rings. The number of methoxy groups -OCH3 is 1. The molecule has 0 bridgehead atoms. The first-order chi connectivity index (χ1) is 4.36. The van der Waals surface area contributed by atoms with Crippen molar-refractivity contribution >= 4 is 11.6 Å². The number of alkyl halides is 1. The summed E-state index contributed by atoms with van der Waals surface area (Å²) in [6, 6.07) is 0. The minimum atomic E-state index is 0.281. The van der Waals surface area contributed by atoms with E-state index in [1.807, 2.05) is 0 Å². The normalized spacial score (nSPS) is 9.56. The molecule has 3 nitrogen and oxygen atoms in total. The van der Waals surface area contributed by atoms with Gasteiger partial charge in [-0.05, 0) is 0 Å². The van der Waals surface area contributed by atoms with Gasteiger partial charge >= 0.3 is 0 Å². The van der Waals surface area contributed by atoms with Crippen molar-refractivity contribution in [1.82, 2.24) is 4.98 Å². The molecule has 0 radical (unpaired) electrons. The number of rotatable bonds is 2. The number of hydrogen-bond acceptors (Lipinski definition) is 3. The van der Waals surface area contributed by atoms with Gasteiger partial charge < -0.3 is 9.15 Å². The quantitative estimate of drug-likeness (QED) is 0.594. The van der Waals surface area contributed by atoms with Crippen molar-refractivity contribution < 1.29 is 9.15 Å². The summed E-state index contributed by atoms with van der Waals surface area (Å²) in [6.07, 6.45) is 1.41. The van der Waals surface area contributed by atoms with E-state index in [1.165, 1.54) is 13.4 Å². The summed E-state index contributed by atoms with van der Waals surface area (Å²) >= 11 is 5.39. The predicted molar refractivity (Wildman–Crippen MR) is 32.6 cm³/mol. The van der Waals surface area contributed by atoms with E-state index in [-0.39, 0.29) is 5.88 Å². The molecule has 0 spiro atoms. The third kappa shape index (κ3) is 1.36. The molecule has 4 heteroatoms. The number of halogens is 1. The number of aromatic nitrogens is 1. The predicted octanol–water partition coefficient (Wildman–Crippen LogP) is 1.42. The van der Waals surface area contributed by atoms with E-state index in [4.69, 9.17) is 20.8 Å². The Bertz CT molecular complexity index is 168. The highest BCUT2D eigenvalue weighted by Gasteiger charge is 1.99. The second-order valence-corrected chi connectivity index (χ2v) is 1.68. The zero-order chi connectivity index (χ0) is 6.69. The molecule has 0 unspecified atom stereocenters. The molecular formula is C5H6ClNO2. The SMILES string of the molecule is COc1coc(CCl)n1. The molecule has 0 aliphatic carbocycles. The number of nitrogens with zero attached hydrogens (tertiary/aromatic N) is 1. The summed E-state index contributed by atoms with van der Waals surface area (Å²) in [7, 11) is 1.52. The van der Waals surface area contributed by atoms with Gasteiger partial charge in [-0.3, -0.25) is 0 Å². The van der Waals surface area contributed by atoms with Crippen molar-refractivity contribution in [2.45, 2.75) is 5.88 Å². The van der Waals surface area contributed by atoms with Gasteiger partial charge in [0, 0.05) is 0 Å². The average Bonchev–Trinajstić information content (AvgIpc) is 2.34. The van der Waals surface area contributed by atoms with Gasteiger partial charge in [-0.2, -0.15) is 4.98 Å². The first kappa shape index (κ1) is 6.42. The Labute approximate surface area is 57.6 Å². The van der Waals surface area contributed by atoms with E-state index < -0.39 is 0 Å². The maximum absolute atomic E-state index is 5.39. The minimum absolute atomic E-state index is 0.281. The molecule has 1 rings (SSSR count). The van der Waals surface area contributed by atoms with Crippen LogP contribution in [0.1, 0.15) is 5.89 Å². The van der Waals surface area contributed by atoms with Crippen LogP contribution in [0.25, 0.3) is 0 Å². The fourth-order valence-corrected chi connectivity index (χ4v) is 0.572. The maximum atomic E-state index is 5.39. The lowest BCUT2D eigenvalue weighted by molar-refractivity contribution is 0.395. The fraction of sp³-hybridized carbons (Fsp3) is 0.400. The monoisotopic (exact) mass is 147 g/mol. The van der Waals surface area contributed by atoms with E-state index in [0.717, 1.165) is 0 Å². The summed E-state index contributed by atoms with van der Waals surface area (Å²) < 4.78 is 9.57. The smallest absolute Gasteiger partial charge is 0.252 e. The van der Waals surface area contributed by atoms with Crippen LogP contribution in [0, 0.1) is 0 Å². The summed E-state index contributed by atoms with van der Waals surface area (Å²) in [4.78, 5) is 3.83. The molecule has 0 aliphatic heterocycles. The van der Waals surface area contributed by atoms with Gasteiger partial charge in [0.1, 0.15) is 0 Å². The Balaban J connectivity index is 2.74. The molecular weight excluding hydrogens is 142 g/mol. The van der Waals surface area contributed by atoms with Crippen molar-refractivity contribution in [3.63, 3.8) is 0 Å². The third-order valence-corrected chi connectivity index (χ3v) is 1.08. The second kappa shape index (κ2) is 2.73. The van der Waals surface area contributed by atoms with Crippen LogP contribution in [0.2, 0.25) is 0 Å². The van der Waals surface area contributed by atoms with E-state index in [1.54, 1.807) is 0 Å². The Hall–Kier alpha value is -0.700. The van der Waals surface area contributed by atoms with E-state index in [0.29, 0.717) is 11.8 Å². The largest absolute Gasteiger partial charge is 0.479 e. The first-order valence-corrected chi connectivity index (χ1v) is 2.94. The first-order valence-electron chi connectivity index (χ1n) is 2.41. The van der Waals surface area contributed by atoms with Gasteiger partial charge in [-0.15, -0.1) is 11.6 Å². The summed E-state index contributed by atoms with van der Waals surface area (Å²) in [6.45, 7) is 0. The molecule has 1 aromatic heterocycles. The van der Waals surface area contributed by atoms with Crippen molar-refractivity contribution in [2.24, 2.45) is 0 Å². The van der Waals surface area contributed by atoms with Crippen LogP contribution in [0.4, 0.5) is 0 Å². The van der Waals surface area contributed by atoms with Gasteiger partial charge in [0.2, 0.25) is 5.89 Å². The molecule has 1 heterocycles. The molecule has 0 aliphatic rings. The van der Waals surface area contributed by atoms with Gasteiger partial charge in [-0.1, -0.05) is 0 Å². The van der Waals surface area contributed by atoms with Gasteiger partial charge in [-0.25, -0.2) is 0 Å². The fourth-order valence-electron chi connectivity index (χ4n) is 0.449. The molecule has 0 saturated heterocycles. The summed E-state index contributed by atoms with van der Waals surface area (Å²) in [5.41, 5.74) is 0. The van der Waals surface area contributed by atoms with Gasteiger partial charge in [0.25, 0.3) is 5.88 Å². The highest BCUT2D eigenvalue weighted by atomic mass is 35.5. The van der Waals surface area contributed by atoms with Crippen molar-refractivity contribution in [3.8, 4) is 5.88 Å². The standard InChI is InChI=1S/C5H6ClNO2/c1-8-5-3-9-4(2-6)7-5/h3H,2H2,1H3. The Morgan fingerprint density at radius 1 is 1.89 bits per heavy atom. The molecule has 0 amide bonds. The molecule has 1 aromatic rings. The van der Waals surface area contributed by atoms with Gasteiger partial charge in [0.05, 0.1) is 13.0 Å². The minimum Gasteiger partial charge on any atom is -0.479 e. The zero-order valence-corrected chi connectivity index (χ0v) is 5.68. The van der Waals surface area contributed by atoms with E-state index >= 15 is 0 Å². The van der Waals surface area contributed by atoms with Crippen LogP contribution < -0.4 is 4.74 Å². The highest BCUT2D eigenvalue weighted by Crippen LogP contribution is 2.09. The van der Waals surface area contributed by atoms with Crippen LogP contribution in [0.5, 0.6) is 5.88 Å². The number of oxazole rings is 1. The van der Waals surface area contributed by atoms with Crippen molar-refractivity contribution in [2.75, 3.05) is 7.11 Å². The Morgan fingerprint density at radius 3 is 3.00 bits per heavy atom. The van der Waals surface area contributed by atoms with Crippen molar-refractivity contribution in [3.05, 3.63) is 12.2 Å². The molecule has 0 saturated carbocycles. The Morgan fingerprint density at radius 2 is 2.67 bits per heavy atom. The van der Waals surface area contributed by atoms with Gasteiger partial charge in [0.15, 0.2) is 6.26 Å². The van der Waals surface area contributed by atoms with Crippen LogP contribution in [-0.2, 0) is 5.88 Å². The number of ether oxygens (including phenoxy) is 1. The van der Waals surface area contributed by atoms with Crippen molar-refractivity contribution in [1.29, 1.82) is 0 Å². The molecule has 9 heavy (non-hydrogen) atoms. The topological polar surface area (TPSA) is 35.3 Å². The van der Waals surface area contributed by atoms with Crippen LogP contribution in [0.3, 0.4) is 0 Å². The number of hydrogen-bond donors (Lipinski definition) is 0. The molecule has 0 N–H and O–H groups in total. The molecule has 0 atom stereocenters. The molecule has 0 aromatic carbocycles. The van der Waals surface area contributed by atoms with Crippen LogP contribution in [0.15, 0.2) is 10.7 Å². The van der Waals surface area contributed by atoms with E-state index in [2.05, 4.69) is 4.98 Å². The van der Waals surface area contributed by atoms with Crippen LogP contribution >= 0.6 is 11.6 Å². The average molecular weight is 148 g/mol. The van der Waals surface area contributed by atoms with E-state index in [9.17, 15) is 0 Å². The highest BCUT2D eigenvalue weighted by molar-refractivity contribution is 6.16. The lowest BCUT2D eigenvalue weighted by Gasteiger charge is -1.84. The zero-order valence-electron chi connectivity index (χ0n) is 4.93. The maximum Gasteiger partial charge on any atom is 0.252 e.